The third-order valence-corrected chi connectivity index (χ3v) is 4.51. The molecule has 2 aromatic heterocycles. The molecule has 21 heavy (non-hydrogen) atoms. The fourth-order valence-electron chi connectivity index (χ4n) is 2.54. The number of thiophene rings is 1. The smallest absolute Gasteiger partial charge is 0.276 e. The lowest BCUT2D eigenvalue weighted by Gasteiger charge is -2.31. The van der Waals surface area contributed by atoms with Crippen LogP contribution in [-0.4, -0.2) is 37.0 Å². The Hall–Kier alpha value is -1.59. The molecule has 0 aromatic carbocycles. The number of hydrogen-bond donors (Lipinski definition) is 0. The lowest BCUT2D eigenvalue weighted by atomic mass is 10.3. The van der Waals surface area contributed by atoms with Gasteiger partial charge in [0.1, 0.15) is 13.1 Å². The zero-order valence-corrected chi connectivity index (χ0v) is 13.5. The Labute approximate surface area is 135 Å². The number of carbonyl (C=O) groups is 1. The summed E-state index contributed by atoms with van der Waals surface area (Å²) in [5, 5.41) is 1.95. The monoisotopic (exact) mass is 323 g/mol. The standard InChI is InChI=1S/C15H18N3OS.ClH/c1-16-7-3-2-6-14(16)17-8-10-18(11-9-17)15(19)13-5-4-12-20-13;/h2-7,12H,8-11H2,1H3;1H/q+1;/p-1. The van der Waals surface area contributed by atoms with Crippen molar-refractivity contribution in [2.75, 3.05) is 31.1 Å². The SMILES string of the molecule is C[n+]1ccccc1N1CCN(C(=O)c2cccs2)CC1.[Cl-]. The predicted molar refractivity (Wildman–Crippen MR) is 80.1 cm³/mol. The summed E-state index contributed by atoms with van der Waals surface area (Å²) in [7, 11) is 2.05. The number of hydrogen-bond acceptors (Lipinski definition) is 3. The molecule has 1 amide bonds. The lowest BCUT2D eigenvalue weighted by Crippen LogP contribution is -3.00. The van der Waals surface area contributed by atoms with E-state index in [2.05, 4.69) is 34.8 Å². The quantitative estimate of drug-likeness (QED) is 0.632. The summed E-state index contributed by atoms with van der Waals surface area (Å²) >= 11 is 1.52. The van der Waals surface area contributed by atoms with Gasteiger partial charge in [-0.2, -0.15) is 0 Å². The first kappa shape index (κ1) is 15.8. The highest BCUT2D eigenvalue weighted by atomic mass is 35.5. The molecule has 0 bridgehead atoms. The molecule has 0 unspecified atom stereocenters. The van der Waals surface area contributed by atoms with E-state index in [-0.39, 0.29) is 18.3 Å². The topological polar surface area (TPSA) is 27.4 Å². The van der Waals surface area contributed by atoms with Crippen LogP contribution in [0.3, 0.4) is 0 Å². The van der Waals surface area contributed by atoms with Crippen LogP contribution in [0.2, 0.25) is 0 Å². The number of amides is 1. The van der Waals surface area contributed by atoms with Crippen molar-refractivity contribution in [3.05, 3.63) is 46.8 Å². The largest absolute Gasteiger partial charge is 1.00 e. The van der Waals surface area contributed by atoms with Crippen molar-refractivity contribution in [3.8, 4) is 0 Å². The molecule has 1 fully saturated rings. The predicted octanol–water partition coefficient (Wildman–Crippen LogP) is -1.46. The van der Waals surface area contributed by atoms with Crippen LogP contribution in [0.1, 0.15) is 9.67 Å². The van der Waals surface area contributed by atoms with Gasteiger partial charge in [-0.3, -0.25) is 9.69 Å². The highest BCUT2D eigenvalue weighted by molar-refractivity contribution is 7.12. The van der Waals surface area contributed by atoms with E-state index in [1.54, 1.807) is 0 Å². The molecule has 3 rings (SSSR count). The molecule has 0 saturated carbocycles. The number of rotatable bonds is 2. The number of halogens is 1. The van der Waals surface area contributed by atoms with Crippen molar-refractivity contribution in [2.45, 2.75) is 0 Å². The minimum Gasteiger partial charge on any atom is -1.00 e. The first-order valence-corrected chi connectivity index (χ1v) is 7.66. The lowest BCUT2D eigenvalue weighted by molar-refractivity contribution is -0.659. The molecule has 0 spiro atoms. The Kier molecular flexibility index (Phi) is 5.20. The van der Waals surface area contributed by atoms with Gasteiger partial charge in [-0.1, -0.05) is 12.1 Å². The Morgan fingerprint density at radius 2 is 1.90 bits per heavy atom. The van der Waals surface area contributed by atoms with Crippen molar-refractivity contribution >= 4 is 23.1 Å². The van der Waals surface area contributed by atoms with Gasteiger partial charge in [-0.15, -0.1) is 11.3 Å². The van der Waals surface area contributed by atoms with Crippen molar-refractivity contribution < 1.29 is 21.8 Å². The third-order valence-electron chi connectivity index (χ3n) is 3.65. The summed E-state index contributed by atoms with van der Waals surface area (Å²) in [6.45, 7) is 3.33. The van der Waals surface area contributed by atoms with Crippen LogP contribution >= 0.6 is 11.3 Å². The number of carbonyl (C=O) groups excluding carboxylic acids is 1. The minimum absolute atomic E-state index is 0. The van der Waals surface area contributed by atoms with Gasteiger partial charge >= 0.3 is 0 Å². The van der Waals surface area contributed by atoms with Crippen molar-refractivity contribution in [1.82, 2.24) is 4.90 Å². The normalized spacial score (nSPS) is 14.7. The molecule has 0 aliphatic carbocycles. The minimum atomic E-state index is 0. The van der Waals surface area contributed by atoms with E-state index in [1.807, 2.05) is 28.5 Å². The maximum atomic E-state index is 12.3. The fourth-order valence-corrected chi connectivity index (χ4v) is 3.23. The van der Waals surface area contributed by atoms with Crippen LogP contribution in [0, 0.1) is 0 Å². The second kappa shape index (κ2) is 6.91. The Bertz CT molecular complexity index is 595. The van der Waals surface area contributed by atoms with E-state index in [9.17, 15) is 4.79 Å². The first-order valence-electron chi connectivity index (χ1n) is 6.78. The molecule has 4 nitrogen and oxygen atoms in total. The number of aromatic nitrogens is 1. The number of nitrogens with zero attached hydrogens (tertiary/aromatic N) is 3. The molecule has 112 valence electrons. The summed E-state index contributed by atoms with van der Waals surface area (Å²) < 4.78 is 2.12. The summed E-state index contributed by atoms with van der Waals surface area (Å²) in [6.07, 6.45) is 2.05. The van der Waals surface area contributed by atoms with E-state index in [0.717, 1.165) is 31.1 Å². The Morgan fingerprint density at radius 3 is 2.52 bits per heavy atom. The van der Waals surface area contributed by atoms with Crippen LogP contribution in [-0.2, 0) is 7.05 Å². The molecule has 0 radical (unpaired) electrons. The number of pyridine rings is 1. The zero-order chi connectivity index (χ0) is 13.9. The summed E-state index contributed by atoms with van der Waals surface area (Å²) in [5.74, 6) is 1.37. The van der Waals surface area contributed by atoms with Gasteiger partial charge in [-0.25, -0.2) is 4.57 Å². The molecule has 1 aliphatic rings. The highest BCUT2D eigenvalue weighted by Gasteiger charge is 2.27. The number of aryl methyl sites for hydroxylation is 1. The molecular weight excluding hydrogens is 306 g/mol. The van der Waals surface area contributed by atoms with E-state index in [4.69, 9.17) is 0 Å². The van der Waals surface area contributed by atoms with Crippen molar-refractivity contribution in [1.29, 1.82) is 0 Å². The van der Waals surface area contributed by atoms with Gasteiger partial charge in [0.05, 0.1) is 31.2 Å². The second-order valence-electron chi connectivity index (χ2n) is 4.93. The van der Waals surface area contributed by atoms with Crippen molar-refractivity contribution in [2.24, 2.45) is 7.05 Å². The van der Waals surface area contributed by atoms with Crippen LogP contribution in [0.25, 0.3) is 0 Å². The summed E-state index contributed by atoms with van der Waals surface area (Å²) in [4.78, 5) is 17.4. The van der Waals surface area contributed by atoms with E-state index >= 15 is 0 Å². The third kappa shape index (κ3) is 3.36. The van der Waals surface area contributed by atoms with E-state index < -0.39 is 0 Å². The van der Waals surface area contributed by atoms with Crippen LogP contribution in [0.4, 0.5) is 5.82 Å². The highest BCUT2D eigenvalue weighted by Crippen LogP contribution is 2.16. The summed E-state index contributed by atoms with van der Waals surface area (Å²) in [5.41, 5.74) is 0. The zero-order valence-electron chi connectivity index (χ0n) is 11.9. The van der Waals surface area contributed by atoms with E-state index in [1.165, 1.54) is 17.2 Å². The van der Waals surface area contributed by atoms with Crippen LogP contribution < -0.4 is 21.9 Å². The average molecular weight is 324 g/mol. The maximum Gasteiger partial charge on any atom is 0.276 e. The van der Waals surface area contributed by atoms with Crippen molar-refractivity contribution in [3.63, 3.8) is 0 Å². The number of anilines is 1. The molecule has 2 aromatic rings. The molecule has 0 atom stereocenters. The fraction of sp³-hybridized carbons (Fsp3) is 0.333. The molecular formula is C15H18ClN3OS. The molecule has 6 heteroatoms. The molecule has 1 aliphatic heterocycles. The van der Waals surface area contributed by atoms with Gasteiger partial charge in [-0.05, 0) is 17.5 Å². The average Bonchev–Trinajstić information content (AvgIpc) is 3.01. The van der Waals surface area contributed by atoms with Gasteiger partial charge in [0.2, 0.25) is 0 Å². The van der Waals surface area contributed by atoms with Gasteiger partial charge in [0, 0.05) is 6.07 Å². The van der Waals surface area contributed by atoms with Crippen LogP contribution in [0.5, 0.6) is 0 Å². The van der Waals surface area contributed by atoms with E-state index in [0.29, 0.717) is 0 Å². The summed E-state index contributed by atoms with van der Waals surface area (Å²) in [6, 6.07) is 10.0. The molecule has 3 heterocycles. The number of piperazine rings is 1. The molecule has 0 N–H and O–H groups in total. The Morgan fingerprint density at radius 1 is 1.14 bits per heavy atom. The van der Waals surface area contributed by atoms with Crippen LogP contribution in [0.15, 0.2) is 41.9 Å². The maximum absolute atomic E-state index is 12.3. The van der Waals surface area contributed by atoms with Gasteiger partial charge in [0.15, 0.2) is 0 Å². The second-order valence-corrected chi connectivity index (χ2v) is 5.87. The van der Waals surface area contributed by atoms with Gasteiger partial charge < -0.3 is 17.3 Å². The first-order chi connectivity index (χ1) is 9.75. The van der Waals surface area contributed by atoms with Gasteiger partial charge in [0.25, 0.3) is 11.7 Å². The Balaban J connectivity index is 0.00000161. The molecule has 1 saturated heterocycles.